The summed E-state index contributed by atoms with van der Waals surface area (Å²) in [6.07, 6.45) is 8.05. The van der Waals surface area contributed by atoms with E-state index in [0.717, 1.165) is 19.6 Å². The second-order valence-corrected chi connectivity index (χ2v) is 3.79. The molecule has 12 heavy (non-hydrogen) atoms. The smallest absolute Gasteiger partial charge is 0.0742 e. The summed E-state index contributed by atoms with van der Waals surface area (Å²) >= 11 is 0. The summed E-state index contributed by atoms with van der Waals surface area (Å²) < 4.78 is 5.46. The van der Waals surface area contributed by atoms with Crippen LogP contribution in [-0.4, -0.2) is 24.8 Å². The fourth-order valence-electron chi connectivity index (χ4n) is 1.23. The minimum atomic E-state index is -0.202. The molecule has 0 aromatic carbocycles. The van der Waals surface area contributed by atoms with Gasteiger partial charge in [-0.15, -0.1) is 6.42 Å². The van der Waals surface area contributed by atoms with Gasteiger partial charge in [-0.1, -0.05) is 5.92 Å². The lowest BCUT2D eigenvalue weighted by Gasteiger charge is -2.21. The molecule has 1 aliphatic rings. The predicted octanol–water partition coefficient (Wildman–Crippen LogP) is 1.17. The minimum Gasteiger partial charge on any atom is -0.377 e. The molecule has 1 saturated heterocycles. The maximum absolute atomic E-state index is 5.46. The lowest BCUT2D eigenvalue weighted by atomic mass is 10.1. The van der Waals surface area contributed by atoms with Crippen LogP contribution in [0.4, 0.5) is 0 Å². The second-order valence-electron chi connectivity index (χ2n) is 3.79. The molecule has 1 rings (SSSR count). The molecule has 0 amide bonds. The zero-order valence-electron chi connectivity index (χ0n) is 7.89. The Morgan fingerprint density at radius 3 is 2.92 bits per heavy atom. The highest BCUT2D eigenvalue weighted by molar-refractivity contribution is 5.07. The van der Waals surface area contributed by atoms with Crippen LogP contribution in [0.1, 0.15) is 26.7 Å². The largest absolute Gasteiger partial charge is 0.377 e. The maximum atomic E-state index is 5.46. The van der Waals surface area contributed by atoms with Gasteiger partial charge in [0.2, 0.25) is 0 Å². The van der Waals surface area contributed by atoms with Crippen LogP contribution in [0.2, 0.25) is 0 Å². The van der Waals surface area contributed by atoms with Gasteiger partial charge in [-0.05, 0) is 26.7 Å². The molecule has 0 aromatic heterocycles. The van der Waals surface area contributed by atoms with E-state index < -0.39 is 0 Å². The van der Waals surface area contributed by atoms with E-state index in [9.17, 15) is 0 Å². The summed E-state index contributed by atoms with van der Waals surface area (Å²) in [5.74, 6) is 2.70. The van der Waals surface area contributed by atoms with Crippen molar-refractivity contribution in [1.82, 2.24) is 5.32 Å². The van der Waals surface area contributed by atoms with E-state index in [1.807, 2.05) is 13.8 Å². The molecule has 1 heterocycles. The zero-order valence-corrected chi connectivity index (χ0v) is 7.89. The van der Waals surface area contributed by atoms with E-state index in [1.165, 1.54) is 6.42 Å². The number of ether oxygens (including phenoxy) is 1. The molecule has 1 atom stereocenters. The van der Waals surface area contributed by atoms with E-state index >= 15 is 0 Å². The number of nitrogens with one attached hydrogen (secondary N) is 1. The lowest BCUT2D eigenvalue weighted by molar-refractivity contribution is 0.106. The summed E-state index contributed by atoms with van der Waals surface area (Å²) in [6, 6.07) is 0. The first kappa shape index (κ1) is 9.57. The third-order valence-corrected chi connectivity index (χ3v) is 2.16. The summed E-state index contributed by atoms with van der Waals surface area (Å²) in [4.78, 5) is 0. The number of rotatable bonds is 3. The van der Waals surface area contributed by atoms with Gasteiger partial charge in [0, 0.05) is 13.2 Å². The highest BCUT2D eigenvalue weighted by Gasteiger charge is 2.19. The maximum Gasteiger partial charge on any atom is 0.0742 e. The fourth-order valence-corrected chi connectivity index (χ4v) is 1.23. The van der Waals surface area contributed by atoms with Crippen molar-refractivity contribution in [3.63, 3.8) is 0 Å². The van der Waals surface area contributed by atoms with Gasteiger partial charge in [-0.25, -0.2) is 0 Å². The monoisotopic (exact) mass is 167 g/mol. The van der Waals surface area contributed by atoms with Gasteiger partial charge < -0.3 is 4.74 Å². The van der Waals surface area contributed by atoms with Crippen molar-refractivity contribution in [3.8, 4) is 12.3 Å². The van der Waals surface area contributed by atoms with Crippen molar-refractivity contribution >= 4 is 0 Å². The highest BCUT2D eigenvalue weighted by atomic mass is 16.5. The number of terminal acetylenes is 1. The molecular weight excluding hydrogens is 150 g/mol. The Kier molecular flexibility index (Phi) is 3.13. The first-order valence-electron chi connectivity index (χ1n) is 4.48. The molecule has 1 aliphatic heterocycles. The van der Waals surface area contributed by atoms with Crippen LogP contribution in [0.3, 0.4) is 0 Å². The molecule has 1 unspecified atom stereocenters. The third kappa shape index (κ3) is 2.84. The molecule has 0 bridgehead atoms. The van der Waals surface area contributed by atoms with Gasteiger partial charge >= 0.3 is 0 Å². The molecule has 0 aliphatic carbocycles. The Morgan fingerprint density at radius 2 is 2.42 bits per heavy atom. The van der Waals surface area contributed by atoms with Gasteiger partial charge in [0.05, 0.1) is 11.6 Å². The Bertz CT molecular complexity index is 175. The summed E-state index contributed by atoms with van der Waals surface area (Å²) in [5.41, 5.74) is -0.202. The zero-order chi connectivity index (χ0) is 9.03. The van der Waals surface area contributed by atoms with Crippen molar-refractivity contribution in [2.75, 3.05) is 13.2 Å². The van der Waals surface area contributed by atoms with Gasteiger partial charge in [0.25, 0.3) is 0 Å². The van der Waals surface area contributed by atoms with Crippen LogP contribution in [-0.2, 0) is 4.74 Å². The molecule has 2 heteroatoms. The van der Waals surface area contributed by atoms with Crippen molar-refractivity contribution in [3.05, 3.63) is 0 Å². The number of hydrogen-bond acceptors (Lipinski definition) is 2. The van der Waals surface area contributed by atoms with Crippen LogP contribution in [0.25, 0.3) is 0 Å². The summed E-state index contributed by atoms with van der Waals surface area (Å²) in [5, 5.41) is 3.29. The van der Waals surface area contributed by atoms with Crippen molar-refractivity contribution in [2.45, 2.75) is 38.3 Å². The first-order chi connectivity index (χ1) is 5.64. The standard InChI is InChI=1S/C10H17NO/c1-4-10(2,3)11-8-9-6-5-7-12-9/h1,9,11H,5-8H2,2-3H3. The van der Waals surface area contributed by atoms with Gasteiger partial charge in [-0.3, -0.25) is 5.32 Å². The summed E-state index contributed by atoms with van der Waals surface area (Å²) in [6.45, 7) is 5.78. The van der Waals surface area contributed by atoms with E-state index in [0.29, 0.717) is 6.10 Å². The van der Waals surface area contributed by atoms with Gasteiger partial charge in [-0.2, -0.15) is 0 Å². The van der Waals surface area contributed by atoms with Crippen molar-refractivity contribution in [1.29, 1.82) is 0 Å². The van der Waals surface area contributed by atoms with E-state index in [2.05, 4.69) is 11.2 Å². The first-order valence-corrected chi connectivity index (χ1v) is 4.48. The Balaban J connectivity index is 2.21. The Morgan fingerprint density at radius 1 is 1.67 bits per heavy atom. The highest BCUT2D eigenvalue weighted by Crippen LogP contribution is 2.11. The molecule has 0 spiro atoms. The predicted molar refractivity (Wildman–Crippen MR) is 49.9 cm³/mol. The normalized spacial score (nSPS) is 23.9. The molecule has 1 N–H and O–H groups in total. The average Bonchev–Trinajstić information content (AvgIpc) is 2.53. The Labute approximate surface area is 74.7 Å². The van der Waals surface area contributed by atoms with E-state index in [4.69, 9.17) is 11.2 Å². The Hall–Kier alpha value is -0.520. The summed E-state index contributed by atoms with van der Waals surface area (Å²) in [7, 11) is 0. The van der Waals surface area contributed by atoms with Crippen molar-refractivity contribution < 1.29 is 4.74 Å². The second kappa shape index (κ2) is 3.93. The molecule has 2 nitrogen and oxygen atoms in total. The topological polar surface area (TPSA) is 21.3 Å². The van der Waals surface area contributed by atoms with Gasteiger partial charge in [0.1, 0.15) is 0 Å². The van der Waals surface area contributed by atoms with E-state index in [1.54, 1.807) is 0 Å². The van der Waals surface area contributed by atoms with Crippen LogP contribution < -0.4 is 5.32 Å². The minimum absolute atomic E-state index is 0.202. The van der Waals surface area contributed by atoms with E-state index in [-0.39, 0.29) is 5.54 Å². The van der Waals surface area contributed by atoms with Crippen LogP contribution >= 0.6 is 0 Å². The average molecular weight is 167 g/mol. The van der Waals surface area contributed by atoms with Crippen molar-refractivity contribution in [2.24, 2.45) is 0 Å². The quantitative estimate of drug-likeness (QED) is 0.637. The molecule has 0 radical (unpaired) electrons. The third-order valence-electron chi connectivity index (χ3n) is 2.16. The number of hydrogen-bond donors (Lipinski definition) is 1. The molecular formula is C10H17NO. The molecule has 1 fully saturated rings. The fraction of sp³-hybridized carbons (Fsp3) is 0.800. The van der Waals surface area contributed by atoms with Crippen LogP contribution in [0.5, 0.6) is 0 Å². The van der Waals surface area contributed by atoms with Gasteiger partial charge in [0.15, 0.2) is 0 Å². The molecule has 0 aromatic rings. The van der Waals surface area contributed by atoms with Crippen LogP contribution in [0.15, 0.2) is 0 Å². The molecule has 0 saturated carbocycles. The van der Waals surface area contributed by atoms with Crippen LogP contribution in [0, 0.1) is 12.3 Å². The SMILES string of the molecule is C#CC(C)(C)NCC1CCCO1. The molecule has 68 valence electrons. The lowest BCUT2D eigenvalue weighted by Crippen LogP contribution is -2.42.